The van der Waals surface area contributed by atoms with Gasteiger partial charge in [-0.3, -0.25) is 4.79 Å². The minimum atomic E-state index is -0.169. The standard InChI is InChI=1S/C22H25NO3/c1-2-3-4-7-15-23-22(24)21-14-13-18(26-21)16-25-20-12-8-10-17-9-5-6-11-19(17)20/h5-6,8-14H,2-4,7,15-16H2,1H3,(H,23,24). The van der Waals surface area contributed by atoms with Crippen LogP contribution in [0.3, 0.4) is 0 Å². The summed E-state index contributed by atoms with van der Waals surface area (Å²) in [5.74, 6) is 1.60. The molecular formula is C22H25NO3. The van der Waals surface area contributed by atoms with E-state index in [-0.39, 0.29) is 12.5 Å². The molecule has 0 spiro atoms. The minimum Gasteiger partial charge on any atom is -0.485 e. The highest BCUT2D eigenvalue weighted by atomic mass is 16.5. The molecule has 4 heteroatoms. The van der Waals surface area contributed by atoms with Crippen molar-refractivity contribution in [3.8, 4) is 5.75 Å². The van der Waals surface area contributed by atoms with Crippen molar-refractivity contribution < 1.29 is 13.9 Å². The summed E-state index contributed by atoms with van der Waals surface area (Å²) in [4.78, 5) is 12.1. The molecule has 0 atom stereocenters. The molecule has 3 aromatic rings. The number of hydrogen-bond donors (Lipinski definition) is 1. The number of unbranched alkanes of at least 4 members (excludes halogenated alkanes) is 3. The zero-order valence-corrected chi connectivity index (χ0v) is 15.2. The lowest BCUT2D eigenvalue weighted by atomic mass is 10.1. The highest BCUT2D eigenvalue weighted by Gasteiger charge is 2.11. The lowest BCUT2D eigenvalue weighted by Gasteiger charge is -2.08. The molecule has 1 amide bonds. The molecule has 136 valence electrons. The number of amides is 1. The second-order valence-electron chi connectivity index (χ2n) is 6.35. The van der Waals surface area contributed by atoms with Gasteiger partial charge < -0.3 is 14.5 Å². The average molecular weight is 351 g/mol. The number of nitrogens with one attached hydrogen (secondary N) is 1. The third kappa shape index (κ3) is 4.66. The first-order valence-electron chi connectivity index (χ1n) is 9.25. The average Bonchev–Trinajstić information content (AvgIpc) is 3.15. The molecule has 1 heterocycles. The quantitative estimate of drug-likeness (QED) is 0.531. The van der Waals surface area contributed by atoms with Gasteiger partial charge in [0.25, 0.3) is 5.91 Å². The van der Waals surface area contributed by atoms with Crippen LogP contribution in [0.1, 0.15) is 48.9 Å². The van der Waals surface area contributed by atoms with E-state index in [4.69, 9.17) is 9.15 Å². The van der Waals surface area contributed by atoms with Crippen molar-refractivity contribution >= 4 is 16.7 Å². The number of rotatable bonds is 9. The lowest BCUT2D eigenvalue weighted by molar-refractivity contribution is 0.0921. The van der Waals surface area contributed by atoms with E-state index >= 15 is 0 Å². The van der Waals surface area contributed by atoms with Gasteiger partial charge in [0.1, 0.15) is 18.1 Å². The summed E-state index contributed by atoms with van der Waals surface area (Å²) in [6.07, 6.45) is 4.52. The molecule has 4 nitrogen and oxygen atoms in total. The first-order valence-corrected chi connectivity index (χ1v) is 9.25. The van der Waals surface area contributed by atoms with Crippen LogP contribution in [-0.4, -0.2) is 12.5 Å². The van der Waals surface area contributed by atoms with E-state index in [1.165, 1.54) is 12.8 Å². The predicted molar refractivity (Wildman–Crippen MR) is 103 cm³/mol. The van der Waals surface area contributed by atoms with Crippen LogP contribution >= 0.6 is 0 Å². The monoisotopic (exact) mass is 351 g/mol. The van der Waals surface area contributed by atoms with Crippen LogP contribution in [0.4, 0.5) is 0 Å². The third-order valence-corrected chi connectivity index (χ3v) is 4.32. The summed E-state index contributed by atoms with van der Waals surface area (Å²) in [5, 5.41) is 5.09. The molecule has 0 bridgehead atoms. The van der Waals surface area contributed by atoms with Crippen molar-refractivity contribution in [2.24, 2.45) is 0 Å². The number of hydrogen-bond acceptors (Lipinski definition) is 3. The molecule has 0 saturated heterocycles. The van der Waals surface area contributed by atoms with Gasteiger partial charge in [-0.15, -0.1) is 0 Å². The van der Waals surface area contributed by atoms with E-state index in [9.17, 15) is 4.79 Å². The second-order valence-corrected chi connectivity index (χ2v) is 6.35. The van der Waals surface area contributed by atoms with Gasteiger partial charge in [0.15, 0.2) is 5.76 Å². The number of fused-ring (bicyclic) bond motifs is 1. The highest BCUT2D eigenvalue weighted by molar-refractivity contribution is 5.91. The van der Waals surface area contributed by atoms with Crippen LogP contribution in [0.5, 0.6) is 5.75 Å². The van der Waals surface area contributed by atoms with Crippen molar-refractivity contribution in [2.45, 2.75) is 39.2 Å². The SMILES string of the molecule is CCCCCCNC(=O)c1ccc(COc2cccc3ccccc23)o1. The number of carbonyl (C=O) groups excluding carboxylic acids is 1. The summed E-state index contributed by atoms with van der Waals surface area (Å²) in [6.45, 7) is 3.14. The van der Waals surface area contributed by atoms with Crippen LogP contribution in [-0.2, 0) is 6.61 Å². The van der Waals surface area contributed by atoms with E-state index in [1.807, 2.05) is 30.3 Å². The van der Waals surface area contributed by atoms with Gasteiger partial charge >= 0.3 is 0 Å². The van der Waals surface area contributed by atoms with Gasteiger partial charge in [0, 0.05) is 11.9 Å². The molecular weight excluding hydrogens is 326 g/mol. The van der Waals surface area contributed by atoms with Crippen molar-refractivity contribution in [1.82, 2.24) is 5.32 Å². The molecule has 0 radical (unpaired) electrons. The zero-order valence-electron chi connectivity index (χ0n) is 15.2. The Kier molecular flexibility index (Phi) is 6.31. The fraction of sp³-hybridized carbons (Fsp3) is 0.318. The number of ether oxygens (including phenoxy) is 1. The van der Waals surface area contributed by atoms with Crippen molar-refractivity contribution in [1.29, 1.82) is 0 Å². The lowest BCUT2D eigenvalue weighted by Crippen LogP contribution is -2.23. The molecule has 3 rings (SSSR count). The van der Waals surface area contributed by atoms with Crippen molar-refractivity contribution in [2.75, 3.05) is 6.54 Å². The topological polar surface area (TPSA) is 51.5 Å². The van der Waals surface area contributed by atoms with E-state index in [1.54, 1.807) is 12.1 Å². The zero-order chi connectivity index (χ0) is 18.2. The van der Waals surface area contributed by atoms with Crippen LogP contribution < -0.4 is 10.1 Å². The Labute approximate surface area is 154 Å². The Hall–Kier alpha value is -2.75. The first-order chi connectivity index (χ1) is 12.8. The molecule has 1 aromatic heterocycles. The smallest absolute Gasteiger partial charge is 0.286 e. The fourth-order valence-electron chi connectivity index (χ4n) is 2.89. The molecule has 26 heavy (non-hydrogen) atoms. The molecule has 0 unspecified atom stereocenters. The second kappa shape index (κ2) is 9.09. The van der Waals surface area contributed by atoms with E-state index in [0.717, 1.165) is 29.4 Å². The predicted octanol–water partition coefficient (Wildman–Crippen LogP) is 5.32. The maximum Gasteiger partial charge on any atom is 0.286 e. The Morgan fingerprint density at radius 1 is 1.00 bits per heavy atom. The number of furan rings is 1. The van der Waals surface area contributed by atoms with Crippen LogP contribution in [0.25, 0.3) is 10.8 Å². The summed E-state index contributed by atoms with van der Waals surface area (Å²) >= 11 is 0. The van der Waals surface area contributed by atoms with E-state index in [2.05, 4.69) is 24.4 Å². The van der Waals surface area contributed by atoms with Crippen LogP contribution in [0, 0.1) is 0 Å². The summed E-state index contributed by atoms with van der Waals surface area (Å²) in [5.41, 5.74) is 0. The van der Waals surface area contributed by atoms with Gasteiger partial charge in [-0.2, -0.15) is 0 Å². The van der Waals surface area contributed by atoms with Crippen molar-refractivity contribution in [3.05, 3.63) is 66.1 Å². The molecule has 1 N–H and O–H groups in total. The molecule has 0 saturated carbocycles. The van der Waals surface area contributed by atoms with Gasteiger partial charge in [-0.1, -0.05) is 62.6 Å². The van der Waals surface area contributed by atoms with Gasteiger partial charge in [-0.05, 0) is 30.0 Å². The molecule has 2 aromatic carbocycles. The molecule has 0 fully saturated rings. The van der Waals surface area contributed by atoms with E-state index in [0.29, 0.717) is 18.1 Å². The third-order valence-electron chi connectivity index (χ3n) is 4.32. The minimum absolute atomic E-state index is 0.169. The Morgan fingerprint density at radius 3 is 2.73 bits per heavy atom. The molecule has 0 aliphatic heterocycles. The van der Waals surface area contributed by atoms with Gasteiger partial charge in [-0.25, -0.2) is 0 Å². The Bertz CT molecular complexity index is 848. The first kappa shape index (κ1) is 18.1. The van der Waals surface area contributed by atoms with Gasteiger partial charge in [0.2, 0.25) is 0 Å². The van der Waals surface area contributed by atoms with E-state index < -0.39 is 0 Å². The summed E-state index contributed by atoms with van der Waals surface area (Å²) < 4.78 is 11.5. The largest absolute Gasteiger partial charge is 0.485 e. The molecule has 0 aliphatic carbocycles. The summed E-state index contributed by atoms with van der Waals surface area (Å²) in [6, 6.07) is 17.5. The number of carbonyl (C=O) groups is 1. The van der Waals surface area contributed by atoms with Crippen LogP contribution in [0.2, 0.25) is 0 Å². The molecule has 0 aliphatic rings. The Morgan fingerprint density at radius 2 is 1.85 bits per heavy atom. The maximum atomic E-state index is 12.1. The Balaban J connectivity index is 1.54. The normalized spacial score (nSPS) is 10.8. The number of benzene rings is 2. The van der Waals surface area contributed by atoms with Gasteiger partial charge in [0.05, 0.1) is 0 Å². The highest BCUT2D eigenvalue weighted by Crippen LogP contribution is 2.26. The van der Waals surface area contributed by atoms with Crippen LogP contribution in [0.15, 0.2) is 59.0 Å². The fourth-order valence-corrected chi connectivity index (χ4v) is 2.89. The van der Waals surface area contributed by atoms with Crippen molar-refractivity contribution in [3.63, 3.8) is 0 Å². The summed E-state index contributed by atoms with van der Waals surface area (Å²) in [7, 11) is 0. The maximum absolute atomic E-state index is 12.1.